The van der Waals surface area contributed by atoms with Crippen LogP contribution >= 0.6 is 0 Å². The standard InChI is InChI=1S/C19H28O3Si/c1-19(2,3)23(5,6)22-18(14-10-8-7-9-11-14)16-12-15(21-4)13-17(16)20/h7-11,13,16,18H,12H2,1-6H3. The van der Waals surface area contributed by atoms with Gasteiger partial charge in [-0.15, -0.1) is 0 Å². The molecule has 1 aromatic carbocycles. The average molecular weight is 333 g/mol. The Morgan fingerprint density at radius 1 is 1.17 bits per heavy atom. The molecule has 0 fully saturated rings. The van der Waals surface area contributed by atoms with Gasteiger partial charge in [-0.05, 0) is 23.7 Å². The maximum atomic E-state index is 12.5. The summed E-state index contributed by atoms with van der Waals surface area (Å²) in [5.74, 6) is 0.663. The third-order valence-electron chi connectivity index (χ3n) is 5.07. The van der Waals surface area contributed by atoms with Crippen molar-refractivity contribution in [2.24, 2.45) is 5.92 Å². The normalized spacial score (nSPS) is 20.3. The molecule has 3 nitrogen and oxygen atoms in total. The first-order valence-electron chi connectivity index (χ1n) is 8.17. The van der Waals surface area contributed by atoms with Crippen LogP contribution in [-0.2, 0) is 14.0 Å². The van der Waals surface area contributed by atoms with Gasteiger partial charge in [0.2, 0.25) is 0 Å². The molecule has 0 bridgehead atoms. The Labute approximate surface area is 140 Å². The fourth-order valence-corrected chi connectivity index (χ4v) is 3.85. The molecule has 0 aliphatic heterocycles. The predicted molar refractivity (Wildman–Crippen MR) is 95.7 cm³/mol. The van der Waals surface area contributed by atoms with Crippen molar-refractivity contribution in [2.45, 2.75) is 51.4 Å². The maximum Gasteiger partial charge on any atom is 0.192 e. The minimum atomic E-state index is -2.00. The first-order valence-corrected chi connectivity index (χ1v) is 11.1. The van der Waals surface area contributed by atoms with Gasteiger partial charge in [-0.3, -0.25) is 4.79 Å². The molecule has 23 heavy (non-hydrogen) atoms. The van der Waals surface area contributed by atoms with Crippen LogP contribution in [0.5, 0.6) is 0 Å². The second kappa shape index (κ2) is 6.61. The monoisotopic (exact) mass is 332 g/mol. The topological polar surface area (TPSA) is 35.5 Å². The highest BCUT2D eigenvalue weighted by Crippen LogP contribution is 2.44. The van der Waals surface area contributed by atoms with E-state index in [0.717, 1.165) is 11.3 Å². The van der Waals surface area contributed by atoms with E-state index in [4.69, 9.17) is 9.16 Å². The van der Waals surface area contributed by atoms with Crippen molar-refractivity contribution >= 4 is 14.1 Å². The van der Waals surface area contributed by atoms with Gasteiger partial charge >= 0.3 is 0 Å². The summed E-state index contributed by atoms with van der Waals surface area (Å²) in [4.78, 5) is 12.5. The summed E-state index contributed by atoms with van der Waals surface area (Å²) < 4.78 is 12.0. The third-order valence-corrected chi connectivity index (χ3v) is 9.53. The molecule has 1 aromatic rings. The van der Waals surface area contributed by atoms with E-state index in [1.807, 2.05) is 18.2 Å². The summed E-state index contributed by atoms with van der Waals surface area (Å²) in [6.45, 7) is 11.1. The Balaban J connectivity index is 2.33. The Bertz CT molecular complexity index is 584. The summed E-state index contributed by atoms with van der Waals surface area (Å²) in [5.41, 5.74) is 1.07. The number of carbonyl (C=O) groups is 1. The van der Waals surface area contributed by atoms with E-state index < -0.39 is 8.32 Å². The number of hydrogen-bond acceptors (Lipinski definition) is 3. The lowest BCUT2D eigenvalue weighted by Crippen LogP contribution is -2.43. The molecule has 0 saturated carbocycles. The van der Waals surface area contributed by atoms with E-state index in [0.29, 0.717) is 6.42 Å². The van der Waals surface area contributed by atoms with Gasteiger partial charge in [-0.1, -0.05) is 51.1 Å². The summed E-state index contributed by atoms with van der Waals surface area (Å²) in [6, 6.07) is 10.1. The molecule has 0 N–H and O–H groups in total. The largest absolute Gasteiger partial charge is 0.501 e. The van der Waals surface area contributed by atoms with Crippen LogP contribution in [0.4, 0.5) is 0 Å². The molecule has 2 rings (SSSR count). The second-order valence-corrected chi connectivity index (χ2v) is 12.5. The van der Waals surface area contributed by atoms with Crippen molar-refractivity contribution in [2.75, 3.05) is 7.11 Å². The number of allylic oxidation sites excluding steroid dienone is 2. The van der Waals surface area contributed by atoms with Gasteiger partial charge in [0.15, 0.2) is 14.1 Å². The molecule has 2 unspecified atom stereocenters. The van der Waals surface area contributed by atoms with E-state index >= 15 is 0 Å². The van der Waals surface area contributed by atoms with Gasteiger partial charge in [0.05, 0.1) is 24.9 Å². The van der Waals surface area contributed by atoms with Gasteiger partial charge in [0.1, 0.15) is 0 Å². The molecular weight excluding hydrogens is 304 g/mol. The fourth-order valence-electron chi connectivity index (χ4n) is 2.56. The Kier molecular flexibility index (Phi) is 5.16. The van der Waals surface area contributed by atoms with Crippen molar-refractivity contribution in [3.05, 3.63) is 47.7 Å². The molecule has 0 radical (unpaired) electrons. The number of ether oxygens (including phenoxy) is 1. The smallest absolute Gasteiger partial charge is 0.192 e. The van der Waals surface area contributed by atoms with Crippen LogP contribution < -0.4 is 0 Å². The Morgan fingerprint density at radius 3 is 2.26 bits per heavy atom. The quantitative estimate of drug-likeness (QED) is 0.722. The van der Waals surface area contributed by atoms with E-state index in [9.17, 15) is 4.79 Å². The molecule has 4 heteroatoms. The molecule has 126 valence electrons. The van der Waals surface area contributed by atoms with E-state index in [1.54, 1.807) is 13.2 Å². The van der Waals surface area contributed by atoms with Crippen LogP contribution in [0.25, 0.3) is 0 Å². The van der Waals surface area contributed by atoms with Crippen molar-refractivity contribution < 1.29 is 14.0 Å². The average Bonchev–Trinajstić information content (AvgIpc) is 2.85. The summed E-state index contributed by atoms with van der Waals surface area (Å²) >= 11 is 0. The van der Waals surface area contributed by atoms with E-state index in [2.05, 4.69) is 46.0 Å². The SMILES string of the molecule is COC1=CC(=O)C(C(O[Si](C)(C)C(C)(C)C)c2ccccc2)C1. The first-order chi connectivity index (χ1) is 10.7. The summed E-state index contributed by atoms with van der Waals surface area (Å²) in [6.07, 6.45) is 2.02. The molecule has 0 heterocycles. The molecule has 2 atom stereocenters. The van der Waals surface area contributed by atoms with Crippen molar-refractivity contribution in [3.8, 4) is 0 Å². The maximum absolute atomic E-state index is 12.5. The minimum absolute atomic E-state index is 0.0964. The number of ketones is 1. The molecule has 0 saturated heterocycles. The Morgan fingerprint density at radius 2 is 1.78 bits per heavy atom. The van der Waals surface area contributed by atoms with E-state index in [-0.39, 0.29) is 22.8 Å². The van der Waals surface area contributed by atoms with Gasteiger partial charge < -0.3 is 9.16 Å². The molecule has 1 aliphatic carbocycles. The van der Waals surface area contributed by atoms with Crippen LogP contribution in [0.2, 0.25) is 18.1 Å². The fraction of sp³-hybridized carbons (Fsp3) is 0.526. The summed E-state index contributed by atoms with van der Waals surface area (Å²) in [5, 5.41) is 0.0964. The molecule has 1 aliphatic rings. The lowest BCUT2D eigenvalue weighted by Gasteiger charge is -2.40. The van der Waals surface area contributed by atoms with Crippen LogP contribution in [0, 0.1) is 5.92 Å². The predicted octanol–water partition coefficient (Wildman–Crippen LogP) is 4.87. The molecule has 0 spiro atoms. The van der Waals surface area contributed by atoms with Crippen LogP contribution in [0.1, 0.15) is 38.9 Å². The van der Waals surface area contributed by atoms with Gasteiger partial charge in [-0.2, -0.15) is 0 Å². The van der Waals surface area contributed by atoms with Crippen LogP contribution in [0.3, 0.4) is 0 Å². The number of benzene rings is 1. The minimum Gasteiger partial charge on any atom is -0.501 e. The van der Waals surface area contributed by atoms with Crippen molar-refractivity contribution in [3.63, 3.8) is 0 Å². The Hall–Kier alpha value is -1.39. The number of rotatable bonds is 5. The lowest BCUT2D eigenvalue weighted by atomic mass is 9.93. The number of carbonyl (C=O) groups excluding carboxylic acids is 1. The highest BCUT2D eigenvalue weighted by molar-refractivity contribution is 6.74. The van der Waals surface area contributed by atoms with Gasteiger partial charge in [0, 0.05) is 12.5 Å². The van der Waals surface area contributed by atoms with Gasteiger partial charge in [-0.25, -0.2) is 0 Å². The first kappa shape index (κ1) is 18.0. The molecule has 0 aromatic heterocycles. The van der Waals surface area contributed by atoms with Crippen LogP contribution in [-0.4, -0.2) is 21.2 Å². The number of hydrogen-bond donors (Lipinski definition) is 0. The zero-order chi connectivity index (χ0) is 17.3. The zero-order valence-corrected chi connectivity index (χ0v) is 16.1. The highest BCUT2D eigenvalue weighted by atomic mass is 28.4. The molecular formula is C19H28O3Si. The highest BCUT2D eigenvalue weighted by Gasteiger charge is 2.43. The van der Waals surface area contributed by atoms with Crippen molar-refractivity contribution in [1.29, 1.82) is 0 Å². The van der Waals surface area contributed by atoms with Crippen molar-refractivity contribution in [1.82, 2.24) is 0 Å². The van der Waals surface area contributed by atoms with Gasteiger partial charge in [0.25, 0.3) is 0 Å². The van der Waals surface area contributed by atoms with E-state index in [1.165, 1.54) is 0 Å². The number of methoxy groups -OCH3 is 1. The van der Waals surface area contributed by atoms with Crippen LogP contribution in [0.15, 0.2) is 42.2 Å². The second-order valence-electron chi connectivity index (χ2n) is 7.74. The zero-order valence-electron chi connectivity index (χ0n) is 15.1. The lowest BCUT2D eigenvalue weighted by molar-refractivity contribution is -0.120. The molecule has 0 amide bonds. The summed E-state index contributed by atoms with van der Waals surface area (Å²) in [7, 11) is -0.378. The third kappa shape index (κ3) is 3.93.